The van der Waals surface area contributed by atoms with Gasteiger partial charge in [0.15, 0.2) is 11.5 Å². The highest BCUT2D eigenvalue weighted by molar-refractivity contribution is 5.95. The molecule has 4 heteroatoms. The van der Waals surface area contributed by atoms with Crippen LogP contribution in [0.3, 0.4) is 0 Å². The van der Waals surface area contributed by atoms with Crippen LogP contribution in [0.5, 0.6) is 17.2 Å². The molecule has 4 nitrogen and oxygen atoms in total. The molecule has 0 unspecified atom stereocenters. The van der Waals surface area contributed by atoms with E-state index in [0.717, 1.165) is 16.2 Å². The molecule has 4 aromatic rings. The Morgan fingerprint density at radius 3 is 1.71 bits per heavy atom. The van der Waals surface area contributed by atoms with Gasteiger partial charge in [-0.05, 0) is 22.9 Å². The second-order valence-corrected chi connectivity index (χ2v) is 5.37. The average Bonchev–Trinajstić information content (AvgIpc) is 2.62. The fraction of sp³-hybridized carbons (Fsp3) is 0. The van der Waals surface area contributed by atoms with Crippen LogP contribution in [0.1, 0.15) is 0 Å². The van der Waals surface area contributed by atoms with Crippen molar-refractivity contribution in [3.8, 4) is 17.2 Å². The number of rotatable bonds is 0. The van der Waals surface area contributed by atoms with Gasteiger partial charge in [-0.15, -0.1) is 0 Å². The summed E-state index contributed by atoms with van der Waals surface area (Å²) in [6, 6.07) is 21.8. The summed E-state index contributed by atoms with van der Waals surface area (Å²) >= 11 is 0. The van der Waals surface area contributed by atoms with Crippen LogP contribution in [0.25, 0.3) is 21.5 Å². The van der Waals surface area contributed by atoms with E-state index in [1.807, 2.05) is 48.5 Å². The van der Waals surface area contributed by atoms with E-state index in [0.29, 0.717) is 11.1 Å². The lowest BCUT2D eigenvalue weighted by Gasteiger charge is -2.02. The van der Waals surface area contributed by atoms with Gasteiger partial charge in [0.05, 0.1) is 5.69 Å². The summed E-state index contributed by atoms with van der Waals surface area (Å²) in [5, 5.41) is 31.4. The number of hydrogen-bond acceptors (Lipinski definition) is 4. The first-order valence-electron chi connectivity index (χ1n) is 7.44. The van der Waals surface area contributed by atoms with Gasteiger partial charge in [0, 0.05) is 10.8 Å². The molecule has 0 saturated heterocycles. The van der Waals surface area contributed by atoms with Crippen molar-refractivity contribution in [3.05, 3.63) is 72.8 Å². The number of anilines is 1. The molecule has 0 aromatic heterocycles. The summed E-state index contributed by atoms with van der Waals surface area (Å²) in [4.78, 5) is 0. The number of fused-ring (bicyclic) bond motifs is 2. The highest BCUT2D eigenvalue weighted by Crippen LogP contribution is 2.32. The molecule has 120 valence electrons. The number of phenolic OH excluding ortho intramolecular Hbond substituents is 3. The van der Waals surface area contributed by atoms with Crippen LogP contribution in [-0.2, 0) is 0 Å². The Balaban J connectivity index is 0.000000141. The lowest BCUT2D eigenvalue weighted by atomic mass is 10.1. The summed E-state index contributed by atoms with van der Waals surface area (Å²) in [7, 11) is 0. The predicted molar refractivity (Wildman–Crippen MR) is 97.3 cm³/mol. The summed E-state index contributed by atoms with van der Waals surface area (Å²) in [6.07, 6.45) is 0. The van der Waals surface area contributed by atoms with Crippen LogP contribution in [0.2, 0.25) is 0 Å². The fourth-order valence-corrected chi connectivity index (χ4v) is 2.53. The van der Waals surface area contributed by atoms with E-state index in [1.54, 1.807) is 18.2 Å². The van der Waals surface area contributed by atoms with Crippen molar-refractivity contribution >= 4 is 27.2 Å². The summed E-state index contributed by atoms with van der Waals surface area (Å²) in [6.45, 7) is 0. The molecular weight excluding hydrogens is 302 g/mol. The van der Waals surface area contributed by atoms with Crippen LogP contribution >= 0.6 is 0 Å². The lowest BCUT2D eigenvalue weighted by Crippen LogP contribution is -1.86. The second kappa shape index (κ2) is 6.38. The van der Waals surface area contributed by atoms with Gasteiger partial charge in [-0.1, -0.05) is 60.7 Å². The van der Waals surface area contributed by atoms with Gasteiger partial charge in [0.2, 0.25) is 0 Å². The fourth-order valence-electron chi connectivity index (χ4n) is 2.53. The molecule has 0 saturated carbocycles. The number of nitrogen functional groups attached to an aromatic ring is 1. The summed E-state index contributed by atoms with van der Waals surface area (Å²) in [5.74, 6) is 0.0236. The van der Waals surface area contributed by atoms with E-state index >= 15 is 0 Å². The Hall–Kier alpha value is -3.40. The van der Waals surface area contributed by atoms with Crippen molar-refractivity contribution in [1.82, 2.24) is 0 Å². The Morgan fingerprint density at radius 1 is 0.542 bits per heavy atom. The molecule has 0 aliphatic carbocycles. The molecule has 5 N–H and O–H groups in total. The van der Waals surface area contributed by atoms with Gasteiger partial charge in [-0.3, -0.25) is 0 Å². The Kier molecular flexibility index (Phi) is 4.12. The molecule has 0 radical (unpaired) electrons. The minimum Gasteiger partial charge on any atom is -0.506 e. The first kappa shape index (κ1) is 15.5. The van der Waals surface area contributed by atoms with Crippen LogP contribution in [0.15, 0.2) is 72.8 Å². The molecule has 24 heavy (non-hydrogen) atoms. The Morgan fingerprint density at radius 2 is 1.04 bits per heavy atom. The van der Waals surface area contributed by atoms with Crippen molar-refractivity contribution in [2.24, 2.45) is 0 Å². The van der Waals surface area contributed by atoms with Gasteiger partial charge in [0.25, 0.3) is 0 Å². The molecule has 4 aromatic carbocycles. The third-order valence-corrected chi connectivity index (χ3v) is 3.83. The number of nitrogens with two attached hydrogens (primary N) is 1. The van der Waals surface area contributed by atoms with E-state index in [2.05, 4.69) is 0 Å². The zero-order valence-corrected chi connectivity index (χ0v) is 12.8. The highest BCUT2D eigenvalue weighted by Gasteiger charge is 2.02. The number of benzene rings is 4. The minimum absolute atomic E-state index is 0.0481. The molecule has 0 aliphatic rings. The number of aromatic hydroxyl groups is 3. The summed E-state index contributed by atoms with van der Waals surface area (Å²) < 4.78 is 0. The molecule has 0 fully saturated rings. The van der Waals surface area contributed by atoms with Crippen LogP contribution in [0.4, 0.5) is 5.69 Å². The largest absolute Gasteiger partial charge is 0.506 e. The monoisotopic (exact) mass is 319 g/mol. The van der Waals surface area contributed by atoms with E-state index < -0.39 is 0 Å². The maximum absolute atomic E-state index is 9.41. The quantitative estimate of drug-likeness (QED) is 0.286. The van der Waals surface area contributed by atoms with Crippen molar-refractivity contribution < 1.29 is 15.3 Å². The average molecular weight is 319 g/mol. The molecule has 0 amide bonds. The molecule has 0 bridgehead atoms. The third kappa shape index (κ3) is 2.90. The van der Waals surface area contributed by atoms with E-state index in [9.17, 15) is 10.2 Å². The molecule has 0 aliphatic heterocycles. The standard InChI is InChI=1S/C10H9NO.C10H8O2/c11-10-8-4-2-1-3-7(8)5-6-9(10)12;11-9-6-5-7-3-1-2-4-8(7)10(9)12/h1-6,12H,11H2;1-6,11-12H. The number of hydrogen-bond donors (Lipinski definition) is 4. The van der Waals surface area contributed by atoms with Gasteiger partial charge in [0.1, 0.15) is 5.75 Å². The van der Waals surface area contributed by atoms with E-state index in [1.165, 1.54) is 6.07 Å². The molecule has 0 heterocycles. The van der Waals surface area contributed by atoms with Crippen molar-refractivity contribution in [2.45, 2.75) is 0 Å². The first-order valence-corrected chi connectivity index (χ1v) is 7.44. The van der Waals surface area contributed by atoms with Crippen LogP contribution < -0.4 is 5.73 Å². The SMILES string of the molecule is Nc1c(O)ccc2ccccc12.Oc1ccc2ccccc2c1O. The van der Waals surface area contributed by atoms with Crippen LogP contribution in [-0.4, -0.2) is 15.3 Å². The van der Waals surface area contributed by atoms with Gasteiger partial charge >= 0.3 is 0 Å². The Labute approximate surface area is 139 Å². The topological polar surface area (TPSA) is 86.7 Å². The van der Waals surface area contributed by atoms with Gasteiger partial charge < -0.3 is 21.1 Å². The predicted octanol–water partition coefficient (Wildman–Crippen LogP) is 4.38. The molecule has 0 spiro atoms. The molecule has 4 rings (SSSR count). The summed E-state index contributed by atoms with van der Waals surface area (Å²) in [5.41, 5.74) is 6.12. The second-order valence-electron chi connectivity index (χ2n) is 5.37. The third-order valence-electron chi connectivity index (χ3n) is 3.83. The minimum atomic E-state index is -0.0753. The van der Waals surface area contributed by atoms with Crippen molar-refractivity contribution in [1.29, 1.82) is 0 Å². The van der Waals surface area contributed by atoms with Gasteiger partial charge in [-0.2, -0.15) is 0 Å². The normalized spacial score (nSPS) is 10.3. The van der Waals surface area contributed by atoms with E-state index in [-0.39, 0.29) is 17.2 Å². The highest BCUT2D eigenvalue weighted by atomic mass is 16.3. The van der Waals surface area contributed by atoms with Gasteiger partial charge in [-0.25, -0.2) is 0 Å². The maximum atomic E-state index is 9.41. The maximum Gasteiger partial charge on any atom is 0.165 e. The van der Waals surface area contributed by atoms with Crippen molar-refractivity contribution in [2.75, 3.05) is 5.73 Å². The van der Waals surface area contributed by atoms with Crippen molar-refractivity contribution in [3.63, 3.8) is 0 Å². The molecule has 0 atom stereocenters. The molecular formula is C20H17NO3. The van der Waals surface area contributed by atoms with E-state index in [4.69, 9.17) is 10.8 Å². The zero-order chi connectivity index (χ0) is 17.1. The van der Waals surface area contributed by atoms with Crippen LogP contribution in [0, 0.1) is 0 Å². The zero-order valence-electron chi connectivity index (χ0n) is 12.8. The lowest BCUT2D eigenvalue weighted by molar-refractivity contribution is 0.408. The first-order chi connectivity index (χ1) is 11.6. The number of phenols is 3. The smallest absolute Gasteiger partial charge is 0.165 e. The Bertz CT molecular complexity index is 929.